The van der Waals surface area contributed by atoms with Gasteiger partial charge in [-0.25, -0.2) is 9.67 Å². The van der Waals surface area contributed by atoms with E-state index in [1.54, 1.807) is 4.68 Å². The summed E-state index contributed by atoms with van der Waals surface area (Å²) in [6.07, 6.45) is 2.14. The number of carbonyl (C=O) groups is 1. The molecule has 0 radical (unpaired) electrons. The Balaban J connectivity index is 1.39. The zero-order valence-electron chi connectivity index (χ0n) is 16.9. The quantitative estimate of drug-likeness (QED) is 0.635. The second kappa shape index (κ2) is 7.76. The normalized spacial score (nSPS) is 19.2. The molecule has 2 aromatic carbocycles. The molecule has 30 heavy (non-hydrogen) atoms. The Kier molecular flexibility index (Phi) is 4.95. The van der Waals surface area contributed by atoms with Crippen LogP contribution in [0.5, 0.6) is 0 Å². The molecule has 1 amide bonds. The lowest BCUT2D eigenvalue weighted by Crippen LogP contribution is -2.54. The zero-order chi connectivity index (χ0) is 20.7. The fourth-order valence-corrected chi connectivity index (χ4v) is 4.30. The molecule has 3 aromatic rings. The van der Waals surface area contributed by atoms with Gasteiger partial charge in [0, 0.05) is 37.3 Å². The predicted molar refractivity (Wildman–Crippen MR) is 117 cm³/mol. The van der Waals surface area contributed by atoms with E-state index in [4.69, 9.17) is 11.6 Å². The zero-order valence-corrected chi connectivity index (χ0v) is 17.7. The monoisotopic (exact) mass is 421 g/mol. The first-order chi connectivity index (χ1) is 14.6. The van der Waals surface area contributed by atoms with Crippen molar-refractivity contribution in [3.8, 4) is 5.69 Å². The van der Waals surface area contributed by atoms with Crippen molar-refractivity contribution in [2.75, 3.05) is 24.5 Å². The Hall–Kier alpha value is -2.86. The molecule has 0 spiro atoms. The average Bonchev–Trinajstić information content (AvgIpc) is 3.53. The van der Waals surface area contributed by atoms with Crippen molar-refractivity contribution in [1.29, 1.82) is 0 Å². The van der Waals surface area contributed by atoms with Gasteiger partial charge in [0.25, 0.3) is 5.91 Å². The molecule has 1 atom stereocenters. The van der Waals surface area contributed by atoms with E-state index >= 15 is 0 Å². The van der Waals surface area contributed by atoms with E-state index in [-0.39, 0.29) is 17.8 Å². The van der Waals surface area contributed by atoms with Crippen LogP contribution in [0.2, 0.25) is 5.02 Å². The SMILES string of the molecule is C[C@H]1CN(c2ccccc2)CCN1C(=O)c1nc(C2CC2)n(-c2ccccc2Cl)n1. The topological polar surface area (TPSA) is 54.3 Å². The summed E-state index contributed by atoms with van der Waals surface area (Å²) < 4.78 is 1.76. The highest BCUT2D eigenvalue weighted by atomic mass is 35.5. The number of aromatic nitrogens is 3. The van der Waals surface area contributed by atoms with Crippen LogP contribution in [0.25, 0.3) is 5.69 Å². The van der Waals surface area contributed by atoms with Crippen molar-refractivity contribution in [2.45, 2.75) is 31.7 Å². The number of nitrogens with zero attached hydrogens (tertiary/aromatic N) is 5. The van der Waals surface area contributed by atoms with Gasteiger partial charge in [0.15, 0.2) is 0 Å². The molecule has 0 unspecified atom stereocenters. The summed E-state index contributed by atoms with van der Waals surface area (Å²) in [4.78, 5) is 22.2. The van der Waals surface area contributed by atoms with Crippen molar-refractivity contribution in [2.24, 2.45) is 0 Å². The molecule has 154 valence electrons. The molecule has 7 heteroatoms. The van der Waals surface area contributed by atoms with Crippen LogP contribution in [0, 0.1) is 0 Å². The number of amides is 1. The molecular formula is C23H24ClN5O. The van der Waals surface area contributed by atoms with Crippen LogP contribution in [0.4, 0.5) is 5.69 Å². The molecule has 1 aliphatic carbocycles. The van der Waals surface area contributed by atoms with Crippen molar-refractivity contribution in [3.63, 3.8) is 0 Å². The van der Waals surface area contributed by atoms with Gasteiger partial charge in [0.1, 0.15) is 5.82 Å². The fraction of sp³-hybridized carbons (Fsp3) is 0.348. The number of hydrogen-bond acceptors (Lipinski definition) is 4. The van der Waals surface area contributed by atoms with E-state index in [0.29, 0.717) is 17.5 Å². The maximum absolute atomic E-state index is 13.3. The van der Waals surface area contributed by atoms with Crippen LogP contribution in [0.1, 0.15) is 42.1 Å². The van der Waals surface area contributed by atoms with Gasteiger partial charge in [-0.15, -0.1) is 5.10 Å². The Bertz CT molecular complexity index is 1060. The number of anilines is 1. The van der Waals surface area contributed by atoms with Crippen molar-refractivity contribution in [1.82, 2.24) is 19.7 Å². The van der Waals surface area contributed by atoms with E-state index in [1.165, 1.54) is 5.69 Å². The molecule has 1 saturated carbocycles. The van der Waals surface area contributed by atoms with Crippen molar-refractivity contribution < 1.29 is 4.79 Å². The van der Waals surface area contributed by atoms with Crippen LogP contribution >= 0.6 is 11.6 Å². The number of hydrogen-bond donors (Lipinski definition) is 0. The summed E-state index contributed by atoms with van der Waals surface area (Å²) in [7, 11) is 0. The average molecular weight is 422 g/mol. The lowest BCUT2D eigenvalue weighted by molar-refractivity contribution is 0.0661. The summed E-state index contributed by atoms with van der Waals surface area (Å²) in [5, 5.41) is 5.21. The van der Waals surface area contributed by atoms with Gasteiger partial charge in [-0.3, -0.25) is 4.79 Å². The summed E-state index contributed by atoms with van der Waals surface area (Å²) >= 11 is 6.40. The molecule has 1 aromatic heterocycles. The van der Waals surface area contributed by atoms with Gasteiger partial charge in [-0.05, 0) is 44.0 Å². The standard InChI is InChI=1S/C23H24ClN5O/c1-16-15-27(18-7-3-2-4-8-18)13-14-28(16)23(30)21-25-22(17-11-12-17)29(26-21)20-10-6-5-9-19(20)24/h2-10,16-17H,11-15H2,1H3/t16-/m0/s1. The molecule has 5 rings (SSSR count). The third kappa shape index (κ3) is 3.56. The maximum atomic E-state index is 13.3. The van der Waals surface area contributed by atoms with E-state index in [9.17, 15) is 4.79 Å². The number of halogens is 1. The molecule has 6 nitrogen and oxygen atoms in total. The van der Waals surface area contributed by atoms with E-state index in [1.807, 2.05) is 47.4 Å². The number of rotatable bonds is 4. The molecule has 2 aliphatic rings. The smallest absolute Gasteiger partial charge is 0.293 e. The second-order valence-electron chi connectivity index (χ2n) is 8.06. The van der Waals surface area contributed by atoms with Crippen LogP contribution in [0.3, 0.4) is 0 Å². The van der Waals surface area contributed by atoms with Gasteiger partial charge in [0.2, 0.25) is 5.82 Å². The Morgan fingerprint density at radius 3 is 2.47 bits per heavy atom. The van der Waals surface area contributed by atoms with Crippen LogP contribution in [-0.2, 0) is 0 Å². The van der Waals surface area contributed by atoms with Crippen molar-refractivity contribution >= 4 is 23.2 Å². The molecule has 0 N–H and O–H groups in total. The number of piperazine rings is 1. The molecule has 1 aliphatic heterocycles. The minimum Gasteiger partial charge on any atom is -0.368 e. The summed E-state index contributed by atoms with van der Waals surface area (Å²) in [6, 6.07) is 18.0. The van der Waals surface area contributed by atoms with Gasteiger partial charge in [-0.2, -0.15) is 0 Å². The summed E-state index contributed by atoms with van der Waals surface area (Å²) in [5.74, 6) is 1.34. The lowest BCUT2D eigenvalue weighted by atomic mass is 10.1. The van der Waals surface area contributed by atoms with Crippen LogP contribution < -0.4 is 4.90 Å². The van der Waals surface area contributed by atoms with Gasteiger partial charge in [0.05, 0.1) is 10.7 Å². The first-order valence-corrected chi connectivity index (χ1v) is 10.8. The summed E-state index contributed by atoms with van der Waals surface area (Å²) in [5.41, 5.74) is 1.96. The lowest BCUT2D eigenvalue weighted by Gasteiger charge is -2.40. The molecule has 2 fully saturated rings. The van der Waals surface area contributed by atoms with Crippen LogP contribution in [0.15, 0.2) is 54.6 Å². The van der Waals surface area contributed by atoms with E-state index in [0.717, 1.165) is 37.4 Å². The molecule has 0 bridgehead atoms. The highest BCUT2D eigenvalue weighted by Crippen LogP contribution is 2.40. The van der Waals surface area contributed by atoms with Gasteiger partial charge in [-0.1, -0.05) is 41.9 Å². The molecule has 2 heterocycles. The van der Waals surface area contributed by atoms with E-state index in [2.05, 4.69) is 34.0 Å². The minimum absolute atomic E-state index is 0.0723. The molecule has 1 saturated heterocycles. The largest absolute Gasteiger partial charge is 0.368 e. The highest BCUT2D eigenvalue weighted by molar-refractivity contribution is 6.32. The maximum Gasteiger partial charge on any atom is 0.293 e. The third-order valence-electron chi connectivity index (χ3n) is 5.86. The number of carbonyl (C=O) groups excluding carboxylic acids is 1. The first-order valence-electron chi connectivity index (χ1n) is 10.4. The second-order valence-corrected chi connectivity index (χ2v) is 8.47. The van der Waals surface area contributed by atoms with Gasteiger partial charge < -0.3 is 9.80 Å². The molecular weight excluding hydrogens is 398 g/mol. The van der Waals surface area contributed by atoms with Gasteiger partial charge >= 0.3 is 0 Å². The number of para-hydroxylation sites is 2. The third-order valence-corrected chi connectivity index (χ3v) is 6.18. The highest BCUT2D eigenvalue weighted by Gasteiger charge is 2.35. The Morgan fingerprint density at radius 1 is 1.03 bits per heavy atom. The van der Waals surface area contributed by atoms with E-state index < -0.39 is 0 Å². The Morgan fingerprint density at radius 2 is 1.77 bits per heavy atom. The predicted octanol–water partition coefficient (Wildman–Crippen LogP) is 4.15. The first kappa shape index (κ1) is 19.1. The Labute approximate surface area is 181 Å². The fourth-order valence-electron chi connectivity index (χ4n) is 4.08. The minimum atomic E-state index is -0.108. The number of benzene rings is 2. The summed E-state index contributed by atoms with van der Waals surface area (Å²) in [6.45, 7) is 4.31. The van der Waals surface area contributed by atoms with Crippen molar-refractivity contribution in [3.05, 3.63) is 71.3 Å². The van der Waals surface area contributed by atoms with Crippen LogP contribution in [-0.4, -0.2) is 51.2 Å².